The van der Waals surface area contributed by atoms with Crippen molar-refractivity contribution in [2.45, 2.75) is 40.2 Å². The number of methoxy groups -OCH3 is 1. The molecule has 1 rings (SSSR count). The van der Waals surface area contributed by atoms with Crippen LogP contribution in [-0.2, 0) is 6.54 Å². The van der Waals surface area contributed by atoms with Gasteiger partial charge in [-0.1, -0.05) is 26.0 Å². The highest BCUT2D eigenvalue weighted by atomic mass is 16.5. The summed E-state index contributed by atoms with van der Waals surface area (Å²) >= 11 is 0. The molecule has 0 aliphatic rings. The van der Waals surface area contributed by atoms with Gasteiger partial charge in [-0.25, -0.2) is 0 Å². The van der Waals surface area contributed by atoms with Gasteiger partial charge in [-0.2, -0.15) is 0 Å². The smallest absolute Gasteiger partial charge is 0.165 e. The van der Waals surface area contributed by atoms with E-state index in [4.69, 9.17) is 9.47 Å². The molecule has 4 heteroatoms. The molecule has 2 N–H and O–H groups in total. The van der Waals surface area contributed by atoms with Gasteiger partial charge in [0.05, 0.1) is 13.7 Å². The summed E-state index contributed by atoms with van der Waals surface area (Å²) in [7, 11) is 1.66. The second kappa shape index (κ2) is 8.90. The van der Waals surface area contributed by atoms with Crippen molar-refractivity contribution in [3.63, 3.8) is 0 Å². The Morgan fingerprint density at radius 1 is 1.19 bits per heavy atom. The molecule has 21 heavy (non-hydrogen) atoms. The van der Waals surface area contributed by atoms with Gasteiger partial charge in [0.1, 0.15) is 0 Å². The molecule has 1 aromatic carbocycles. The zero-order valence-electron chi connectivity index (χ0n) is 13.7. The maximum atomic E-state index is 9.60. The minimum atomic E-state index is -0.0369. The van der Waals surface area contributed by atoms with Crippen molar-refractivity contribution >= 4 is 0 Å². The Kier molecular flexibility index (Phi) is 7.54. The molecule has 4 nitrogen and oxygen atoms in total. The minimum Gasteiger partial charge on any atom is -0.493 e. The van der Waals surface area contributed by atoms with Crippen LogP contribution in [0.2, 0.25) is 0 Å². The Labute approximate surface area is 128 Å². The van der Waals surface area contributed by atoms with E-state index in [0.717, 1.165) is 36.4 Å². The van der Waals surface area contributed by atoms with Crippen molar-refractivity contribution < 1.29 is 14.6 Å². The number of hydrogen-bond donors (Lipinski definition) is 2. The highest BCUT2D eigenvalue weighted by Gasteiger charge is 2.24. The van der Waals surface area contributed by atoms with Gasteiger partial charge in [0.2, 0.25) is 0 Å². The topological polar surface area (TPSA) is 50.7 Å². The molecule has 0 atom stereocenters. The molecule has 0 aliphatic carbocycles. The average molecular weight is 295 g/mol. The average Bonchev–Trinajstić information content (AvgIpc) is 2.52. The van der Waals surface area contributed by atoms with Gasteiger partial charge in [-0.3, -0.25) is 0 Å². The molecular formula is C17H29NO3. The summed E-state index contributed by atoms with van der Waals surface area (Å²) in [5, 5.41) is 13.0. The van der Waals surface area contributed by atoms with E-state index in [1.54, 1.807) is 7.11 Å². The minimum absolute atomic E-state index is 0.0369. The van der Waals surface area contributed by atoms with Crippen LogP contribution in [-0.4, -0.2) is 32.0 Å². The first kappa shape index (κ1) is 17.8. The number of aliphatic hydroxyl groups excluding tert-OH is 1. The first-order valence-corrected chi connectivity index (χ1v) is 7.76. The third-order valence-corrected chi connectivity index (χ3v) is 4.22. The van der Waals surface area contributed by atoms with Crippen LogP contribution in [0.15, 0.2) is 18.2 Å². The lowest BCUT2D eigenvalue weighted by Gasteiger charge is -2.29. The number of para-hydroxylation sites is 1. The van der Waals surface area contributed by atoms with Crippen molar-refractivity contribution in [2.24, 2.45) is 5.41 Å². The van der Waals surface area contributed by atoms with Crippen LogP contribution in [0.1, 0.15) is 39.2 Å². The number of hydrogen-bond acceptors (Lipinski definition) is 4. The molecule has 0 heterocycles. The Balaban J connectivity index is 2.73. The predicted octanol–water partition coefficient (Wildman–Crippen LogP) is 2.98. The molecule has 0 aliphatic heterocycles. The van der Waals surface area contributed by atoms with E-state index in [9.17, 15) is 5.11 Å². The second-order valence-electron chi connectivity index (χ2n) is 5.35. The SMILES string of the molecule is CCOc1cccc(CNCC(CC)(CC)CO)c1OC. The van der Waals surface area contributed by atoms with E-state index < -0.39 is 0 Å². The highest BCUT2D eigenvalue weighted by Crippen LogP contribution is 2.31. The largest absolute Gasteiger partial charge is 0.493 e. The van der Waals surface area contributed by atoms with E-state index in [-0.39, 0.29) is 12.0 Å². The quantitative estimate of drug-likeness (QED) is 0.697. The fourth-order valence-electron chi connectivity index (χ4n) is 2.44. The Morgan fingerprint density at radius 2 is 1.90 bits per heavy atom. The number of aliphatic hydroxyl groups is 1. The van der Waals surface area contributed by atoms with Crippen LogP contribution in [0.3, 0.4) is 0 Å². The number of rotatable bonds is 10. The van der Waals surface area contributed by atoms with Crippen LogP contribution in [0.4, 0.5) is 0 Å². The molecule has 0 fully saturated rings. The first-order valence-electron chi connectivity index (χ1n) is 7.76. The highest BCUT2D eigenvalue weighted by molar-refractivity contribution is 5.46. The summed E-state index contributed by atoms with van der Waals surface area (Å²) < 4.78 is 11.1. The number of nitrogens with one attached hydrogen (secondary N) is 1. The third-order valence-electron chi connectivity index (χ3n) is 4.22. The third kappa shape index (κ3) is 4.61. The molecule has 0 bridgehead atoms. The lowest BCUT2D eigenvalue weighted by Crippen LogP contribution is -2.36. The maximum absolute atomic E-state index is 9.60. The summed E-state index contributed by atoms with van der Waals surface area (Å²) in [4.78, 5) is 0. The zero-order chi connectivity index (χ0) is 15.7. The molecule has 0 saturated carbocycles. The summed E-state index contributed by atoms with van der Waals surface area (Å²) in [6, 6.07) is 5.93. The molecule has 120 valence electrons. The fraction of sp³-hybridized carbons (Fsp3) is 0.647. The normalized spacial score (nSPS) is 11.5. The molecule has 0 amide bonds. The van der Waals surface area contributed by atoms with Gasteiger partial charge in [0.15, 0.2) is 11.5 Å². The van der Waals surface area contributed by atoms with Gasteiger partial charge in [0.25, 0.3) is 0 Å². The van der Waals surface area contributed by atoms with Crippen LogP contribution in [0, 0.1) is 5.41 Å². The van der Waals surface area contributed by atoms with E-state index >= 15 is 0 Å². The molecular weight excluding hydrogens is 266 g/mol. The monoisotopic (exact) mass is 295 g/mol. The van der Waals surface area contributed by atoms with Crippen molar-refractivity contribution in [1.82, 2.24) is 5.32 Å². The van der Waals surface area contributed by atoms with Gasteiger partial charge in [-0.15, -0.1) is 0 Å². The van der Waals surface area contributed by atoms with Crippen LogP contribution in [0.25, 0.3) is 0 Å². The Bertz CT molecular complexity index is 408. The van der Waals surface area contributed by atoms with Crippen molar-refractivity contribution in [2.75, 3.05) is 26.9 Å². The zero-order valence-corrected chi connectivity index (χ0v) is 13.7. The van der Waals surface area contributed by atoms with Gasteiger partial charge >= 0.3 is 0 Å². The predicted molar refractivity (Wildman–Crippen MR) is 86.0 cm³/mol. The van der Waals surface area contributed by atoms with E-state index in [2.05, 4.69) is 19.2 Å². The van der Waals surface area contributed by atoms with Crippen molar-refractivity contribution in [3.8, 4) is 11.5 Å². The van der Waals surface area contributed by atoms with E-state index in [1.165, 1.54) is 0 Å². The summed E-state index contributed by atoms with van der Waals surface area (Å²) in [5.74, 6) is 1.56. The standard InChI is InChI=1S/C17H29NO3/c1-5-17(6-2,13-19)12-18-11-14-9-8-10-15(21-7-3)16(14)20-4/h8-10,18-19H,5-7,11-13H2,1-4H3. The van der Waals surface area contributed by atoms with Crippen molar-refractivity contribution in [1.29, 1.82) is 0 Å². The lowest BCUT2D eigenvalue weighted by molar-refractivity contribution is 0.113. The van der Waals surface area contributed by atoms with E-state index in [0.29, 0.717) is 13.2 Å². The van der Waals surface area contributed by atoms with Gasteiger partial charge in [-0.05, 0) is 25.8 Å². The Morgan fingerprint density at radius 3 is 2.43 bits per heavy atom. The van der Waals surface area contributed by atoms with Gasteiger partial charge < -0.3 is 19.9 Å². The molecule has 0 spiro atoms. The molecule has 0 unspecified atom stereocenters. The van der Waals surface area contributed by atoms with Gasteiger partial charge in [0, 0.05) is 30.7 Å². The fourth-order valence-corrected chi connectivity index (χ4v) is 2.44. The Hall–Kier alpha value is -1.26. The lowest BCUT2D eigenvalue weighted by atomic mass is 9.83. The second-order valence-corrected chi connectivity index (χ2v) is 5.35. The number of ether oxygens (including phenoxy) is 2. The van der Waals surface area contributed by atoms with Crippen molar-refractivity contribution in [3.05, 3.63) is 23.8 Å². The maximum Gasteiger partial charge on any atom is 0.165 e. The summed E-state index contributed by atoms with van der Waals surface area (Å²) in [5.41, 5.74) is 1.03. The first-order chi connectivity index (χ1) is 10.2. The number of benzene rings is 1. The van der Waals surface area contributed by atoms with Crippen LogP contribution < -0.4 is 14.8 Å². The molecule has 1 aromatic rings. The van der Waals surface area contributed by atoms with E-state index in [1.807, 2.05) is 25.1 Å². The van der Waals surface area contributed by atoms with Crippen LogP contribution >= 0.6 is 0 Å². The molecule has 0 aromatic heterocycles. The summed E-state index contributed by atoms with van der Waals surface area (Å²) in [6.45, 7) is 8.53. The molecule has 0 radical (unpaired) electrons. The molecule has 0 saturated heterocycles. The summed E-state index contributed by atoms with van der Waals surface area (Å²) in [6.07, 6.45) is 1.92. The van der Waals surface area contributed by atoms with Crippen LogP contribution in [0.5, 0.6) is 11.5 Å².